The van der Waals surface area contributed by atoms with E-state index in [0.29, 0.717) is 35.3 Å². The lowest BCUT2D eigenvalue weighted by Gasteiger charge is -2.05. The van der Waals surface area contributed by atoms with E-state index < -0.39 is 10.8 Å². The predicted molar refractivity (Wildman–Crippen MR) is 121 cm³/mol. The summed E-state index contributed by atoms with van der Waals surface area (Å²) >= 11 is 5.86. The van der Waals surface area contributed by atoms with E-state index in [9.17, 15) is 9.00 Å². The summed E-state index contributed by atoms with van der Waals surface area (Å²) in [4.78, 5) is 16.6. The average molecular weight is 445 g/mol. The number of carbonyl (C=O) groups is 1. The number of carbonyl (C=O) groups excluding carboxylic acids is 1. The Morgan fingerprint density at radius 3 is 2.43 bits per heavy atom. The minimum Gasteiger partial charge on any atom is -0.441 e. The van der Waals surface area contributed by atoms with Crippen molar-refractivity contribution in [1.29, 1.82) is 0 Å². The molecule has 3 rings (SSSR count). The van der Waals surface area contributed by atoms with E-state index in [2.05, 4.69) is 17.2 Å². The van der Waals surface area contributed by atoms with Crippen molar-refractivity contribution in [2.75, 3.05) is 12.3 Å². The molecule has 0 fully saturated rings. The van der Waals surface area contributed by atoms with E-state index in [1.807, 2.05) is 48.5 Å². The number of amides is 1. The molecule has 0 aliphatic carbocycles. The zero-order valence-electron chi connectivity index (χ0n) is 17.1. The summed E-state index contributed by atoms with van der Waals surface area (Å²) in [7, 11) is -1.36. The van der Waals surface area contributed by atoms with Crippen molar-refractivity contribution in [2.24, 2.45) is 0 Å². The van der Waals surface area contributed by atoms with Gasteiger partial charge in [-0.25, -0.2) is 4.98 Å². The number of nitrogens with zero attached hydrogens (tertiary/aromatic N) is 1. The van der Waals surface area contributed by atoms with Crippen LogP contribution in [0.1, 0.15) is 29.5 Å². The SMILES string of the molecule is CCc1ccc(-c2nc(C[S@@](=O)CC(=O)NCCc3ccc(Cl)cc3)c(C)o2)cc1. The molecule has 0 spiro atoms. The highest BCUT2D eigenvalue weighted by molar-refractivity contribution is 7.84. The Balaban J connectivity index is 1.49. The standard InChI is InChI=1S/C23H25ClN2O3S/c1-3-17-4-8-19(9-5-17)23-26-21(16(2)29-23)14-30(28)15-22(27)25-13-12-18-6-10-20(24)11-7-18/h4-11H,3,12-15H2,1-2H3,(H,25,27)/t30-/m1/s1. The highest BCUT2D eigenvalue weighted by Gasteiger charge is 2.16. The number of oxazole rings is 1. The van der Waals surface area contributed by atoms with Crippen LogP contribution in [0.3, 0.4) is 0 Å². The van der Waals surface area contributed by atoms with E-state index in [4.69, 9.17) is 16.0 Å². The van der Waals surface area contributed by atoms with Gasteiger partial charge < -0.3 is 9.73 Å². The first-order chi connectivity index (χ1) is 14.4. The molecule has 0 unspecified atom stereocenters. The molecule has 0 saturated heterocycles. The average Bonchev–Trinajstić information content (AvgIpc) is 3.09. The van der Waals surface area contributed by atoms with Gasteiger partial charge in [0.1, 0.15) is 11.5 Å². The fourth-order valence-electron chi connectivity index (χ4n) is 2.97. The minimum absolute atomic E-state index is 0.0621. The maximum absolute atomic E-state index is 12.4. The number of benzene rings is 2. The number of hydrogen-bond donors (Lipinski definition) is 1. The molecular formula is C23H25ClN2O3S. The summed E-state index contributed by atoms with van der Waals surface area (Å²) in [6, 6.07) is 15.5. The Labute approximate surface area is 184 Å². The molecular weight excluding hydrogens is 420 g/mol. The molecule has 5 nitrogen and oxygen atoms in total. The number of aromatic nitrogens is 1. The maximum Gasteiger partial charge on any atom is 0.232 e. The third kappa shape index (κ3) is 6.28. The van der Waals surface area contributed by atoms with Crippen molar-refractivity contribution in [2.45, 2.75) is 32.4 Å². The maximum atomic E-state index is 12.4. The minimum atomic E-state index is -1.36. The smallest absolute Gasteiger partial charge is 0.232 e. The molecule has 158 valence electrons. The number of aryl methyl sites for hydroxylation is 2. The lowest BCUT2D eigenvalue weighted by molar-refractivity contribution is -0.118. The Morgan fingerprint density at radius 2 is 1.77 bits per heavy atom. The summed E-state index contributed by atoms with van der Waals surface area (Å²) < 4.78 is 18.2. The molecule has 1 N–H and O–H groups in total. The van der Waals surface area contributed by atoms with Crippen LogP contribution in [0.25, 0.3) is 11.5 Å². The van der Waals surface area contributed by atoms with E-state index in [-0.39, 0.29) is 17.4 Å². The fourth-order valence-corrected chi connectivity index (χ4v) is 4.16. The van der Waals surface area contributed by atoms with Gasteiger partial charge in [0.25, 0.3) is 0 Å². The van der Waals surface area contributed by atoms with Gasteiger partial charge in [-0.1, -0.05) is 42.8 Å². The van der Waals surface area contributed by atoms with Crippen molar-refractivity contribution in [1.82, 2.24) is 10.3 Å². The summed E-state index contributed by atoms with van der Waals surface area (Å²) in [6.07, 6.45) is 1.66. The fraction of sp³-hybridized carbons (Fsp3) is 0.304. The molecule has 1 heterocycles. The van der Waals surface area contributed by atoms with Gasteiger partial charge in [0.2, 0.25) is 11.8 Å². The normalized spacial score (nSPS) is 12.0. The Bertz CT molecular complexity index is 1010. The Hall–Kier alpha value is -2.44. The topological polar surface area (TPSA) is 72.2 Å². The van der Waals surface area contributed by atoms with E-state index >= 15 is 0 Å². The quantitative estimate of drug-likeness (QED) is 0.528. The summed E-state index contributed by atoms with van der Waals surface area (Å²) in [6.45, 7) is 4.39. The van der Waals surface area contributed by atoms with Crippen LogP contribution in [0.15, 0.2) is 52.9 Å². The molecule has 0 saturated carbocycles. The van der Waals surface area contributed by atoms with Gasteiger partial charge in [-0.2, -0.15) is 0 Å². The number of rotatable bonds is 9. The molecule has 1 aromatic heterocycles. The Morgan fingerprint density at radius 1 is 1.10 bits per heavy atom. The van der Waals surface area contributed by atoms with E-state index in [1.165, 1.54) is 5.56 Å². The van der Waals surface area contributed by atoms with Gasteiger partial charge >= 0.3 is 0 Å². The van der Waals surface area contributed by atoms with Crippen LogP contribution >= 0.6 is 11.6 Å². The third-order valence-corrected chi connectivity index (χ3v) is 6.17. The van der Waals surface area contributed by atoms with Gasteiger partial charge in [0.15, 0.2) is 0 Å². The highest BCUT2D eigenvalue weighted by atomic mass is 35.5. The van der Waals surface area contributed by atoms with Crippen LogP contribution in [-0.4, -0.2) is 27.4 Å². The number of nitrogens with one attached hydrogen (secondary N) is 1. The van der Waals surface area contributed by atoms with Gasteiger partial charge in [-0.15, -0.1) is 0 Å². The summed E-state index contributed by atoms with van der Waals surface area (Å²) in [5.41, 5.74) is 3.83. The first kappa shape index (κ1) is 22.2. The van der Waals surface area contributed by atoms with Crippen LogP contribution in [0.4, 0.5) is 0 Å². The second kappa shape index (κ2) is 10.5. The summed E-state index contributed by atoms with van der Waals surface area (Å²) in [5.74, 6) is 1.02. The summed E-state index contributed by atoms with van der Waals surface area (Å²) in [5, 5.41) is 3.49. The molecule has 30 heavy (non-hydrogen) atoms. The molecule has 3 aromatic rings. The monoisotopic (exact) mass is 444 g/mol. The second-order valence-corrected chi connectivity index (χ2v) is 8.92. The van der Waals surface area contributed by atoms with Gasteiger partial charge in [0.05, 0.1) is 11.4 Å². The molecule has 1 amide bonds. The highest BCUT2D eigenvalue weighted by Crippen LogP contribution is 2.23. The molecule has 0 bridgehead atoms. The molecule has 2 aromatic carbocycles. The lowest BCUT2D eigenvalue weighted by atomic mass is 10.1. The van der Waals surface area contributed by atoms with Gasteiger partial charge in [0, 0.05) is 27.9 Å². The van der Waals surface area contributed by atoms with Crippen molar-refractivity contribution < 1.29 is 13.4 Å². The van der Waals surface area contributed by atoms with Gasteiger partial charge in [-0.05, 0) is 55.2 Å². The van der Waals surface area contributed by atoms with Crippen LogP contribution in [0, 0.1) is 6.92 Å². The zero-order chi connectivity index (χ0) is 21.5. The first-order valence-corrected chi connectivity index (χ1v) is 11.7. The lowest BCUT2D eigenvalue weighted by Crippen LogP contribution is -2.30. The van der Waals surface area contributed by atoms with Crippen LogP contribution < -0.4 is 5.32 Å². The van der Waals surface area contributed by atoms with E-state index in [1.54, 1.807) is 6.92 Å². The Kier molecular flexibility index (Phi) is 7.82. The van der Waals surface area contributed by atoms with Gasteiger partial charge in [-0.3, -0.25) is 9.00 Å². The van der Waals surface area contributed by atoms with Crippen LogP contribution in [-0.2, 0) is 34.2 Å². The van der Waals surface area contributed by atoms with Crippen molar-refractivity contribution in [3.63, 3.8) is 0 Å². The van der Waals surface area contributed by atoms with Crippen LogP contribution in [0.2, 0.25) is 5.02 Å². The van der Waals surface area contributed by atoms with E-state index in [0.717, 1.165) is 17.5 Å². The van der Waals surface area contributed by atoms with Crippen molar-refractivity contribution >= 4 is 28.3 Å². The van der Waals surface area contributed by atoms with Crippen molar-refractivity contribution in [3.05, 3.63) is 76.1 Å². The number of halogens is 1. The molecule has 7 heteroatoms. The number of hydrogen-bond acceptors (Lipinski definition) is 4. The zero-order valence-corrected chi connectivity index (χ0v) is 18.7. The molecule has 0 aliphatic rings. The molecule has 0 aliphatic heterocycles. The van der Waals surface area contributed by atoms with Crippen molar-refractivity contribution in [3.8, 4) is 11.5 Å². The molecule has 1 atom stereocenters. The molecule has 0 radical (unpaired) electrons. The third-order valence-electron chi connectivity index (χ3n) is 4.74. The predicted octanol–water partition coefficient (Wildman–Crippen LogP) is 4.47. The first-order valence-electron chi connectivity index (χ1n) is 9.86. The largest absolute Gasteiger partial charge is 0.441 e. The second-order valence-electron chi connectivity index (χ2n) is 7.03. The van der Waals surface area contributed by atoms with Crippen LogP contribution in [0.5, 0.6) is 0 Å².